The van der Waals surface area contributed by atoms with Crippen molar-refractivity contribution in [3.8, 4) is 0 Å². The molecule has 4 rings (SSSR count). The van der Waals surface area contributed by atoms with E-state index in [1.165, 1.54) is 4.31 Å². The number of rotatable bonds is 9. The highest BCUT2D eigenvalue weighted by Gasteiger charge is 2.26. The van der Waals surface area contributed by atoms with Gasteiger partial charge in [-0.25, -0.2) is 18.4 Å². The summed E-state index contributed by atoms with van der Waals surface area (Å²) in [5.41, 5.74) is 1.21. The molecule has 3 aromatic rings. The van der Waals surface area contributed by atoms with Gasteiger partial charge in [0.05, 0.1) is 17.6 Å². The number of benzene rings is 1. The number of piperidine rings is 1. The number of anilines is 2. The summed E-state index contributed by atoms with van der Waals surface area (Å²) in [6.45, 7) is 5.87. The van der Waals surface area contributed by atoms with E-state index in [0.717, 1.165) is 36.2 Å². The topological polar surface area (TPSA) is 123 Å². The van der Waals surface area contributed by atoms with Crippen LogP contribution in [0.3, 0.4) is 0 Å². The highest BCUT2D eigenvalue weighted by Crippen LogP contribution is 2.26. The first-order valence-electron chi connectivity index (χ1n) is 11.6. The Labute approximate surface area is 199 Å². The van der Waals surface area contributed by atoms with Crippen LogP contribution in [0, 0.1) is 0 Å². The van der Waals surface area contributed by atoms with E-state index in [1.807, 2.05) is 12.3 Å². The van der Waals surface area contributed by atoms with Gasteiger partial charge in [0.1, 0.15) is 22.7 Å². The molecule has 0 bridgehead atoms. The lowest BCUT2D eigenvalue weighted by Gasteiger charge is -2.34. The zero-order valence-electron chi connectivity index (χ0n) is 19.5. The molecule has 0 saturated carbocycles. The largest absolute Gasteiger partial charge is 0.375 e. The maximum absolute atomic E-state index is 13.0. The molecule has 34 heavy (non-hydrogen) atoms. The predicted octanol–water partition coefficient (Wildman–Crippen LogP) is 2.19. The fraction of sp³-hybridized carbons (Fsp3) is 0.435. The van der Waals surface area contributed by atoms with E-state index in [4.69, 9.17) is 0 Å². The Bertz CT molecular complexity index is 1240. The molecule has 1 amide bonds. The Morgan fingerprint density at radius 3 is 2.79 bits per heavy atom. The highest BCUT2D eigenvalue weighted by atomic mass is 32.2. The van der Waals surface area contributed by atoms with Gasteiger partial charge in [-0.2, -0.15) is 4.31 Å². The number of fused-ring (bicyclic) bond motifs is 1. The van der Waals surface area contributed by atoms with Crippen molar-refractivity contribution in [2.75, 3.05) is 42.9 Å². The lowest BCUT2D eigenvalue weighted by Crippen LogP contribution is -2.49. The molecule has 1 saturated heterocycles. The molecule has 0 radical (unpaired) electrons. The van der Waals surface area contributed by atoms with Crippen LogP contribution in [0.1, 0.15) is 26.7 Å². The maximum Gasteiger partial charge on any atom is 0.245 e. The molecule has 3 heterocycles. The average Bonchev–Trinajstić information content (AvgIpc) is 3.33. The van der Waals surface area contributed by atoms with Gasteiger partial charge in [0.25, 0.3) is 0 Å². The molecule has 10 nitrogen and oxygen atoms in total. The monoisotopic (exact) mass is 485 g/mol. The number of sulfonamides is 1. The molecular formula is C23H31N7O3S. The van der Waals surface area contributed by atoms with Gasteiger partial charge in [0, 0.05) is 38.4 Å². The van der Waals surface area contributed by atoms with Gasteiger partial charge in [-0.15, -0.1) is 0 Å². The van der Waals surface area contributed by atoms with Gasteiger partial charge < -0.3 is 20.5 Å². The Hall–Kier alpha value is -3.18. The molecule has 3 N–H and O–H groups in total. The van der Waals surface area contributed by atoms with Crippen LogP contribution in [-0.4, -0.2) is 72.3 Å². The third-order valence-electron chi connectivity index (χ3n) is 6.07. The lowest BCUT2D eigenvalue weighted by atomic mass is 10.1. The zero-order chi connectivity index (χ0) is 24.1. The maximum atomic E-state index is 13.0. The van der Waals surface area contributed by atoms with Crippen molar-refractivity contribution in [2.24, 2.45) is 0 Å². The number of aromatic nitrogens is 3. The number of aromatic amines is 1. The summed E-state index contributed by atoms with van der Waals surface area (Å²) < 4.78 is 27.4. The number of amides is 1. The molecule has 2 aromatic heterocycles. The van der Waals surface area contributed by atoms with Gasteiger partial charge in [-0.1, -0.05) is 26.0 Å². The Morgan fingerprint density at radius 1 is 1.21 bits per heavy atom. The summed E-state index contributed by atoms with van der Waals surface area (Å²) in [5.74, 6) is 0.676. The number of carbonyl (C=O) groups is 1. The van der Waals surface area contributed by atoms with E-state index in [0.29, 0.717) is 25.3 Å². The molecule has 1 aliphatic heterocycles. The van der Waals surface area contributed by atoms with Crippen molar-refractivity contribution in [3.63, 3.8) is 0 Å². The molecule has 1 aliphatic rings. The van der Waals surface area contributed by atoms with Crippen molar-refractivity contribution in [1.29, 1.82) is 0 Å². The van der Waals surface area contributed by atoms with Crippen LogP contribution >= 0.6 is 0 Å². The Morgan fingerprint density at radius 2 is 2.00 bits per heavy atom. The van der Waals surface area contributed by atoms with Gasteiger partial charge in [0.15, 0.2) is 0 Å². The average molecular weight is 486 g/mol. The molecule has 0 aliphatic carbocycles. The van der Waals surface area contributed by atoms with Crippen LogP contribution in [-0.2, 0) is 14.8 Å². The van der Waals surface area contributed by atoms with Crippen molar-refractivity contribution in [3.05, 3.63) is 42.9 Å². The first-order valence-corrected chi connectivity index (χ1v) is 13.0. The number of nitrogens with one attached hydrogen (secondary N) is 3. The minimum Gasteiger partial charge on any atom is -0.375 e. The molecule has 11 heteroatoms. The summed E-state index contributed by atoms with van der Waals surface area (Å²) in [6.07, 6.45) is 5.19. The second-order valence-corrected chi connectivity index (χ2v) is 10.1. The summed E-state index contributed by atoms with van der Waals surface area (Å²) in [5, 5.41) is 7.06. The Kier molecular flexibility index (Phi) is 7.32. The van der Waals surface area contributed by atoms with E-state index in [9.17, 15) is 13.2 Å². The Balaban J connectivity index is 1.39. The molecule has 0 spiro atoms. The molecular weight excluding hydrogens is 454 g/mol. The quantitative estimate of drug-likeness (QED) is 0.424. The second kappa shape index (κ2) is 10.4. The predicted molar refractivity (Wildman–Crippen MR) is 132 cm³/mol. The smallest absolute Gasteiger partial charge is 0.245 e. The van der Waals surface area contributed by atoms with E-state index in [-0.39, 0.29) is 23.4 Å². The first kappa shape index (κ1) is 24.0. The van der Waals surface area contributed by atoms with Gasteiger partial charge in [-0.3, -0.25) is 4.79 Å². The SMILES string of the molecule is CCN(CC)S(=O)(=O)c1ccccc1NCC(=O)N[C@@H]1CCCN(c2ncnc3[nH]ccc23)C1. The van der Waals surface area contributed by atoms with Crippen LogP contribution < -0.4 is 15.5 Å². The van der Waals surface area contributed by atoms with Gasteiger partial charge >= 0.3 is 0 Å². The summed E-state index contributed by atoms with van der Waals surface area (Å²) in [4.78, 5) is 26.9. The molecule has 1 aromatic carbocycles. The third-order valence-corrected chi connectivity index (χ3v) is 8.18. The zero-order valence-corrected chi connectivity index (χ0v) is 20.3. The van der Waals surface area contributed by atoms with Crippen molar-refractivity contribution in [1.82, 2.24) is 24.6 Å². The molecule has 1 atom stereocenters. The van der Waals surface area contributed by atoms with Crippen LogP contribution in [0.25, 0.3) is 11.0 Å². The normalized spacial score (nSPS) is 16.7. The lowest BCUT2D eigenvalue weighted by molar-refractivity contribution is -0.120. The van der Waals surface area contributed by atoms with Crippen molar-refractivity contribution >= 4 is 38.5 Å². The van der Waals surface area contributed by atoms with Crippen LogP contribution in [0.4, 0.5) is 11.5 Å². The fourth-order valence-corrected chi connectivity index (χ4v) is 6.02. The minimum absolute atomic E-state index is 0.0170. The van der Waals surface area contributed by atoms with Crippen LogP contribution in [0.5, 0.6) is 0 Å². The van der Waals surface area contributed by atoms with Crippen LogP contribution in [0.15, 0.2) is 47.8 Å². The van der Waals surface area contributed by atoms with E-state index < -0.39 is 10.0 Å². The molecule has 1 fully saturated rings. The summed E-state index contributed by atoms with van der Waals surface area (Å²) in [6, 6.07) is 8.62. The highest BCUT2D eigenvalue weighted by molar-refractivity contribution is 7.89. The summed E-state index contributed by atoms with van der Waals surface area (Å²) in [7, 11) is -3.64. The number of hydrogen-bond acceptors (Lipinski definition) is 7. The van der Waals surface area contributed by atoms with E-state index in [2.05, 4.69) is 30.5 Å². The number of H-pyrrole nitrogens is 1. The van der Waals surface area contributed by atoms with Gasteiger partial charge in [-0.05, 0) is 31.0 Å². The van der Waals surface area contributed by atoms with Crippen LogP contribution in [0.2, 0.25) is 0 Å². The first-order chi connectivity index (χ1) is 16.4. The molecule has 0 unspecified atom stereocenters. The number of carbonyl (C=O) groups excluding carboxylic acids is 1. The fourth-order valence-electron chi connectivity index (χ4n) is 4.39. The number of hydrogen-bond donors (Lipinski definition) is 3. The van der Waals surface area contributed by atoms with Crippen molar-refractivity contribution < 1.29 is 13.2 Å². The number of nitrogens with zero attached hydrogens (tertiary/aromatic N) is 4. The van der Waals surface area contributed by atoms with Gasteiger partial charge in [0.2, 0.25) is 15.9 Å². The summed E-state index contributed by atoms with van der Waals surface area (Å²) >= 11 is 0. The number of para-hydroxylation sites is 1. The van der Waals surface area contributed by atoms with E-state index in [1.54, 1.807) is 44.4 Å². The minimum atomic E-state index is -3.64. The van der Waals surface area contributed by atoms with Crippen molar-refractivity contribution in [2.45, 2.75) is 37.6 Å². The second-order valence-electron chi connectivity index (χ2n) is 8.23. The molecule has 182 valence electrons. The third kappa shape index (κ3) is 5.00. The van der Waals surface area contributed by atoms with E-state index >= 15 is 0 Å². The standard InChI is InChI=1S/C23H31N7O3S/c1-3-30(4-2)34(32,33)20-10-6-5-9-19(20)25-14-21(31)28-17-8-7-13-29(15-17)23-18-11-12-24-22(18)26-16-27-23/h5-6,9-12,16-17,25H,3-4,7-8,13-15H2,1-2H3,(H,28,31)(H,24,26,27)/t17-/m1/s1.